The van der Waals surface area contributed by atoms with E-state index in [1.54, 1.807) is 24.3 Å². The average molecular weight is 377 g/mol. The Balaban J connectivity index is 1.82. The molecule has 3 aromatic rings. The molecule has 5 nitrogen and oxygen atoms in total. The second-order valence-corrected chi connectivity index (χ2v) is 5.74. The fourth-order valence-corrected chi connectivity index (χ4v) is 2.52. The van der Waals surface area contributed by atoms with Crippen LogP contribution in [0.3, 0.4) is 0 Å². The fraction of sp³-hybridized carbons (Fsp3) is 0. The molecule has 1 aromatic heterocycles. The SMILES string of the molecule is O=C(Nc1ccccc1F)c1ccnc(Nc2c(Cl)cccc2Cl)n1. The van der Waals surface area contributed by atoms with Crippen molar-refractivity contribution in [2.45, 2.75) is 0 Å². The summed E-state index contributed by atoms with van der Waals surface area (Å²) in [5.41, 5.74) is 0.552. The molecular formula is C17H11Cl2FN4O. The standard InChI is InChI=1S/C17H11Cl2FN4O/c18-10-4-3-5-11(19)15(10)24-17-21-9-8-14(23-17)16(25)22-13-7-2-1-6-12(13)20/h1-9H,(H,22,25)(H,21,23,24). The van der Waals surface area contributed by atoms with Crippen LogP contribution in [0.4, 0.5) is 21.7 Å². The van der Waals surface area contributed by atoms with E-state index in [9.17, 15) is 9.18 Å². The molecule has 0 saturated heterocycles. The Labute approximate surface area is 152 Å². The Morgan fingerprint density at radius 3 is 2.44 bits per heavy atom. The molecule has 0 spiro atoms. The van der Waals surface area contributed by atoms with Gasteiger partial charge in [-0.05, 0) is 30.3 Å². The van der Waals surface area contributed by atoms with E-state index in [1.807, 2.05) is 0 Å². The summed E-state index contributed by atoms with van der Waals surface area (Å²) in [6.45, 7) is 0. The van der Waals surface area contributed by atoms with E-state index in [2.05, 4.69) is 20.6 Å². The second kappa shape index (κ2) is 7.46. The minimum absolute atomic E-state index is 0.0592. The first-order chi connectivity index (χ1) is 12.0. The topological polar surface area (TPSA) is 66.9 Å². The van der Waals surface area contributed by atoms with Gasteiger partial charge in [-0.25, -0.2) is 14.4 Å². The van der Waals surface area contributed by atoms with Gasteiger partial charge in [-0.3, -0.25) is 4.79 Å². The molecule has 25 heavy (non-hydrogen) atoms. The average Bonchev–Trinajstić information content (AvgIpc) is 2.60. The number of anilines is 3. The molecule has 2 aromatic carbocycles. The molecule has 0 bridgehead atoms. The summed E-state index contributed by atoms with van der Waals surface area (Å²) in [6, 6.07) is 12.3. The van der Waals surface area contributed by atoms with Crippen molar-refractivity contribution in [2.75, 3.05) is 10.6 Å². The number of halogens is 3. The summed E-state index contributed by atoms with van der Waals surface area (Å²) in [5, 5.41) is 6.10. The zero-order valence-electron chi connectivity index (χ0n) is 12.6. The lowest BCUT2D eigenvalue weighted by Gasteiger charge is -2.10. The van der Waals surface area contributed by atoms with Crippen LogP contribution in [0.25, 0.3) is 0 Å². The van der Waals surface area contributed by atoms with Crippen LogP contribution in [0.5, 0.6) is 0 Å². The van der Waals surface area contributed by atoms with Gasteiger partial charge in [0.25, 0.3) is 5.91 Å². The Kier molecular flexibility index (Phi) is 5.11. The smallest absolute Gasteiger partial charge is 0.274 e. The van der Waals surface area contributed by atoms with Crippen LogP contribution in [0.1, 0.15) is 10.5 Å². The molecule has 1 amide bonds. The number of carbonyl (C=O) groups excluding carboxylic acids is 1. The molecule has 0 radical (unpaired) electrons. The van der Waals surface area contributed by atoms with Gasteiger partial charge in [-0.2, -0.15) is 0 Å². The first-order valence-corrected chi connectivity index (χ1v) is 7.90. The predicted octanol–water partition coefficient (Wildman–Crippen LogP) is 4.92. The molecule has 2 N–H and O–H groups in total. The van der Waals surface area contributed by atoms with Crippen molar-refractivity contribution < 1.29 is 9.18 Å². The van der Waals surface area contributed by atoms with E-state index in [1.165, 1.54) is 30.5 Å². The minimum Gasteiger partial charge on any atom is -0.322 e. The third kappa shape index (κ3) is 4.04. The largest absolute Gasteiger partial charge is 0.322 e. The summed E-state index contributed by atoms with van der Waals surface area (Å²) in [4.78, 5) is 20.4. The van der Waals surface area contributed by atoms with Gasteiger partial charge in [0.05, 0.1) is 21.4 Å². The van der Waals surface area contributed by atoms with Crippen molar-refractivity contribution in [3.8, 4) is 0 Å². The highest BCUT2D eigenvalue weighted by atomic mass is 35.5. The third-order valence-electron chi connectivity index (χ3n) is 3.21. The van der Waals surface area contributed by atoms with Crippen molar-refractivity contribution in [3.05, 3.63) is 76.3 Å². The highest BCUT2D eigenvalue weighted by Gasteiger charge is 2.13. The number of para-hydroxylation sites is 2. The quantitative estimate of drug-likeness (QED) is 0.678. The van der Waals surface area contributed by atoms with Crippen LogP contribution in [0.15, 0.2) is 54.7 Å². The molecule has 0 fully saturated rings. The van der Waals surface area contributed by atoms with Crippen LogP contribution in [-0.4, -0.2) is 15.9 Å². The Morgan fingerprint density at radius 1 is 1.00 bits per heavy atom. The molecule has 0 aliphatic carbocycles. The van der Waals surface area contributed by atoms with E-state index >= 15 is 0 Å². The predicted molar refractivity (Wildman–Crippen MR) is 96.1 cm³/mol. The number of nitrogens with zero attached hydrogens (tertiary/aromatic N) is 2. The van der Waals surface area contributed by atoms with E-state index in [-0.39, 0.29) is 17.3 Å². The van der Waals surface area contributed by atoms with Crippen molar-refractivity contribution >= 4 is 46.4 Å². The Bertz CT molecular complexity index is 916. The van der Waals surface area contributed by atoms with Gasteiger partial charge in [0.2, 0.25) is 5.95 Å². The summed E-state index contributed by atoms with van der Waals surface area (Å²) < 4.78 is 13.6. The van der Waals surface area contributed by atoms with E-state index in [4.69, 9.17) is 23.2 Å². The lowest BCUT2D eigenvalue weighted by atomic mass is 10.3. The first kappa shape index (κ1) is 17.1. The van der Waals surface area contributed by atoms with Crippen molar-refractivity contribution in [3.63, 3.8) is 0 Å². The van der Waals surface area contributed by atoms with Gasteiger partial charge in [-0.1, -0.05) is 41.4 Å². The number of carbonyl (C=O) groups is 1. The molecule has 8 heteroatoms. The van der Waals surface area contributed by atoms with Crippen LogP contribution in [0.2, 0.25) is 10.0 Å². The van der Waals surface area contributed by atoms with Gasteiger partial charge >= 0.3 is 0 Å². The number of hydrogen-bond acceptors (Lipinski definition) is 4. The monoisotopic (exact) mass is 376 g/mol. The molecular weight excluding hydrogens is 366 g/mol. The molecule has 0 aliphatic rings. The highest BCUT2D eigenvalue weighted by molar-refractivity contribution is 6.39. The van der Waals surface area contributed by atoms with Crippen molar-refractivity contribution in [2.24, 2.45) is 0 Å². The number of aromatic nitrogens is 2. The number of hydrogen-bond donors (Lipinski definition) is 2. The number of benzene rings is 2. The van der Waals surface area contributed by atoms with Crippen LogP contribution >= 0.6 is 23.2 Å². The zero-order valence-corrected chi connectivity index (χ0v) is 14.1. The summed E-state index contributed by atoms with van der Waals surface area (Å²) in [5.74, 6) is -0.969. The maximum atomic E-state index is 13.6. The van der Waals surface area contributed by atoms with Crippen molar-refractivity contribution in [1.29, 1.82) is 0 Å². The van der Waals surface area contributed by atoms with Gasteiger partial charge in [0, 0.05) is 6.20 Å². The summed E-state index contributed by atoms with van der Waals surface area (Å²) in [7, 11) is 0. The van der Waals surface area contributed by atoms with Crippen LogP contribution in [-0.2, 0) is 0 Å². The van der Waals surface area contributed by atoms with Gasteiger partial charge in [0.1, 0.15) is 11.5 Å². The van der Waals surface area contributed by atoms with Gasteiger partial charge in [-0.15, -0.1) is 0 Å². The Morgan fingerprint density at radius 2 is 1.72 bits per heavy atom. The maximum Gasteiger partial charge on any atom is 0.274 e. The number of nitrogens with one attached hydrogen (secondary N) is 2. The molecule has 0 aliphatic heterocycles. The van der Waals surface area contributed by atoms with Crippen LogP contribution in [0, 0.1) is 5.82 Å². The lowest BCUT2D eigenvalue weighted by Crippen LogP contribution is -2.15. The highest BCUT2D eigenvalue weighted by Crippen LogP contribution is 2.31. The van der Waals surface area contributed by atoms with Crippen molar-refractivity contribution in [1.82, 2.24) is 9.97 Å². The second-order valence-electron chi connectivity index (χ2n) is 4.92. The third-order valence-corrected chi connectivity index (χ3v) is 3.84. The maximum absolute atomic E-state index is 13.6. The minimum atomic E-state index is -0.569. The molecule has 1 heterocycles. The summed E-state index contributed by atoms with van der Waals surface area (Å²) >= 11 is 12.2. The van der Waals surface area contributed by atoms with E-state index in [0.717, 1.165) is 0 Å². The fourth-order valence-electron chi connectivity index (χ4n) is 2.02. The number of amides is 1. The molecule has 3 rings (SSSR count). The lowest BCUT2D eigenvalue weighted by molar-refractivity contribution is 0.102. The van der Waals surface area contributed by atoms with Gasteiger partial charge in [0.15, 0.2) is 0 Å². The first-order valence-electron chi connectivity index (χ1n) is 7.14. The van der Waals surface area contributed by atoms with E-state index < -0.39 is 11.7 Å². The van der Waals surface area contributed by atoms with Crippen LogP contribution < -0.4 is 10.6 Å². The molecule has 0 atom stereocenters. The molecule has 0 saturated carbocycles. The summed E-state index contributed by atoms with van der Waals surface area (Å²) in [6.07, 6.45) is 1.40. The Hall–Kier alpha value is -2.70. The van der Waals surface area contributed by atoms with E-state index in [0.29, 0.717) is 15.7 Å². The zero-order chi connectivity index (χ0) is 17.8. The van der Waals surface area contributed by atoms with Gasteiger partial charge < -0.3 is 10.6 Å². The molecule has 0 unspecified atom stereocenters. The number of rotatable bonds is 4. The normalized spacial score (nSPS) is 10.4. The molecule has 126 valence electrons.